The smallest absolute Gasteiger partial charge is 0.146 e. The number of imidazole rings is 1. The number of carbonyl (C=O) groups excluding carboxylic acids is 1. The molecule has 15 heavy (non-hydrogen) atoms. The first kappa shape index (κ1) is 11.9. The van der Waals surface area contributed by atoms with Crippen molar-refractivity contribution in [3.8, 4) is 0 Å². The van der Waals surface area contributed by atoms with Gasteiger partial charge in [-0.15, -0.1) is 0 Å². The summed E-state index contributed by atoms with van der Waals surface area (Å²) < 4.78 is 1.97. The second-order valence-electron chi connectivity index (χ2n) is 3.92. The van der Waals surface area contributed by atoms with Crippen LogP contribution < -0.4 is 0 Å². The molecule has 0 aliphatic rings. The Hall–Kier alpha value is -1.16. The Morgan fingerprint density at radius 2 is 2.33 bits per heavy atom. The summed E-state index contributed by atoms with van der Waals surface area (Å²) in [7, 11) is 3.91. The van der Waals surface area contributed by atoms with Crippen LogP contribution in [0.25, 0.3) is 0 Å². The number of carbonyl (C=O) groups is 1. The molecule has 4 heteroatoms. The van der Waals surface area contributed by atoms with Crippen molar-refractivity contribution in [2.24, 2.45) is 7.05 Å². The molecule has 0 spiro atoms. The minimum Gasteiger partial charge on any atom is -0.337 e. The second kappa shape index (κ2) is 5.66. The zero-order valence-corrected chi connectivity index (χ0v) is 9.73. The lowest BCUT2D eigenvalue weighted by atomic mass is 10.2. The van der Waals surface area contributed by atoms with Crippen molar-refractivity contribution in [2.45, 2.75) is 26.3 Å². The van der Waals surface area contributed by atoms with Crippen LogP contribution in [-0.2, 0) is 18.4 Å². The lowest BCUT2D eigenvalue weighted by Crippen LogP contribution is -2.26. The average molecular weight is 209 g/mol. The first-order valence-corrected chi connectivity index (χ1v) is 5.30. The molecule has 0 aromatic carbocycles. The van der Waals surface area contributed by atoms with Crippen molar-refractivity contribution < 1.29 is 4.79 Å². The third-order valence-corrected chi connectivity index (χ3v) is 2.31. The van der Waals surface area contributed by atoms with E-state index in [2.05, 4.69) is 4.98 Å². The lowest BCUT2D eigenvalue weighted by molar-refractivity contribution is -0.120. The summed E-state index contributed by atoms with van der Waals surface area (Å²) in [5, 5.41) is 0. The van der Waals surface area contributed by atoms with Crippen molar-refractivity contribution >= 4 is 5.78 Å². The van der Waals surface area contributed by atoms with Crippen LogP contribution >= 0.6 is 0 Å². The number of aryl methyl sites for hydroxylation is 1. The Morgan fingerprint density at radius 1 is 1.60 bits per heavy atom. The number of ketones is 1. The maximum absolute atomic E-state index is 11.4. The number of hydrogen-bond acceptors (Lipinski definition) is 3. The van der Waals surface area contributed by atoms with Crippen molar-refractivity contribution in [3.05, 3.63) is 18.2 Å². The molecule has 0 bridgehead atoms. The molecule has 84 valence electrons. The molecule has 1 rings (SSSR count). The molecule has 0 radical (unpaired) electrons. The van der Waals surface area contributed by atoms with Crippen LogP contribution in [0, 0.1) is 0 Å². The third-order valence-electron chi connectivity index (χ3n) is 2.31. The van der Waals surface area contributed by atoms with Gasteiger partial charge in [-0.3, -0.25) is 9.69 Å². The van der Waals surface area contributed by atoms with Gasteiger partial charge in [-0.2, -0.15) is 0 Å². The fourth-order valence-corrected chi connectivity index (χ4v) is 1.51. The summed E-state index contributed by atoms with van der Waals surface area (Å²) in [5.74, 6) is 1.29. The first-order chi connectivity index (χ1) is 7.13. The Bertz CT molecular complexity index is 319. The molecule has 0 unspecified atom stereocenters. The maximum atomic E-state index is 11.4. The van der Waals surface area contributed by atoms with Crippen LogP contribution in [0.3, 0.4) is 0 Å². The predicted molar refractivity (Wildman–Crippen MR) is 59.5 cm³/mol. The van der Waals surface area contributed by atoms with E-state index in [0.29, 0.717) is 18.7 Å². The monoisotopic (exact) mass is 209 g/mol. The van der Waals surface area contributed by atoms with Crippen LogP contribution in [0.1, 0.15) is 25.6 Å². The quantitative estimate of drug-likeness (QED) is 0.707. The third kappa shape index (κ3) is 3.83. The highest BCUT2D eigenvalue weighted by molar-refractivity contribution is 5.80. The van der Waals surface area contributed by atoms with Gasteiger partial charge in [-0.05, 0) is 13.5 Å². The predicted octanol–water partition coefficient (Wildman–Crippen LogP) is 1.22. The molecule has 0 aliphatic carbocycles. The summed E-state index contributed by atoms with van der Waals surface area (Å²) in [6.07, 6.45) is 5.29. The van der Waals surface area contributed by atoms with Gasteiger partial charge in [0.15, 0.2) is 0 Å². The highest BCUT2D eigenvalue weighted by atomic mass is 16.1. The fraction of sp³-hybridized carbons (Fsp3) is 0.636. The minimum absolute atomic E-state index is 0.300. The Labute approximate surface area is 90.9 Å². The Kier molecular flexibility index (Phi) is 4.49. The Balaban J connectivity index is 2.39. The minimum atomic E-state index is 0.300. The molecule has 0 fully saturated rings. The maximum Gasteiger partial charge on any atom is 0.146 e. The van der Waals surface area contributed by atoms with E-state index >= 15 is 0 Å². The van der Waals surface area contributed by atoms with E-state index in [4.69, 9.17) is 0 Å². The van der Waals surface area contributed by atoms with Gasteiger partial charge in [0, 0.05) is 25.9 Å². The molecular formula is C11H19N3O. The number of likely N-dealkylation sites (N-methyl/N-ethyl adjacent to an activating group) is 1. The van der Waals surface area contributed by atoms with E-state index in [9.17, 15) is 4.79 Å². The number of Topliss-reactive ketones (excluding diaryl/α,β-unsaturated/α-hetero) is 1. The molecule has 1 aromatic heterocycles. The summed E-state index contributed by atoms with van der Waals surface area (Å²) in [6, 6.07) is 0. The largest absolute Gasteiger partial charge is 0.337 e. The van der Waals surface area contributed by atoms with Crippen molar-refractivity contribution in [3.63, 3.8) is 0 Å². The van der Waals surface area contributed by atoms with Gasteiger partial charge in [0.05, 0.1) is 13.1 Å². The first-order valence-electron chi connectivity index (χ1n) is 5.30. The van der Waals surface area contributed by atoms with Crippen molar-refractivity contribution in [2.75, 3.05) is 13.6 Å². The zero-order valence-electron chi connectivity index (χ0n) is 9.73. The van der Waals surface area contributed by atoms with Crippen molar-refractivity contribution in [1.82, 2.24) is 14.5 Å². The average Bonchev–Trinajstić information content (AvgIpc) is 2.52. The molecule has 0 saturated carbocycles. The molecule has 0 atom stereocenters. The molecular weight excluding hydrogens is 190 g/mol. The van der Waals surface area contributed by atoms with E-state index < -0.39 is 0 Å². The van der Waals surface area contributed by atoms with Gasteiger partial charge in [0.1, 0.15) is 11.6 Å². The summed E-state index contributed by atoms with van der Waals surface area (Å²) in [4.78, 5) is 17.6. The highest BCUT2D eigenvalue weighted by Crippen LogP contribution is 2.00. The van der Waals surface area contributed by atoms with Gasteiger partial charge in [0.2, 0.25) is 0 Å². The lowest BCUT2D eigenvalue weighted by Gasteiger charge is -2.14. The van der Waals surface area contributed by atoms with Gasteiger partial charge in [-0.25, -0.2) is 4.98 Å². The summed E-state index contributed by atoms with van der Waals surface area (Å²) >= 11 is 0. The van der Waals surface area contributed by atoms with Crippen molar-refractivity contribution in [1.29, 1.82) is 0 Å². The molecule has 0 N–H and O–H groups in total. The molecule has 1 heterocycles. The van der Waals surface area contributed by atoms with E-state index in [1.54, 1.807) is 6.20 Å². The Morgan fingerprint density at radius 3 is 2.87 bits per heavy atom. The van der Waals surface area contributed by atoms with Gasteiger partial charge >= 0.3 is 0 Å². The van der Waals surface area contributed by atoms with E-state index in [1.807, 2.05) is 36.7 Å². The topological polar surface area (TPSA) is 38.1 Å². The SMILES string of the molecule is CCCC(=O)CN(C)Cc1nccn1C. The zero-order chi connectivity index (χ0) is 11.3. The van der Waals surface area contributed by atoms with Crippen LogP contribution in [0.2, 0.25) is 0 Å². The normalized spacial score (nSPS) is 10.9. The molecule has 1 aromatic rings. The highest BCUT2D eigenvalue weighted by Gasteiger charge is 2.08. The number of hydrogen-bond donors (Lipinski definition) is 0. The standard InChI is InChI=1S/C11H19N3O/c1-4-5-10(15)8-13(2)9-11-12-6-7-14(11)3/h6-7H,4-5,8-9H2,1-3H3. The molecule has 4 nitrogen and oxygen atoms in total. The molecule has 0 saturated heterocycles. The van der Waals surface area contributed by atoms with Crippen LogP contribution in [0.15, 0.2) is 12.4 Å². The second-order valence-corrected chi connectivity index (χ2v) is 3.92. The number of aromatic nitrogens is 2. The molecule has 0 aliphatic heterocycles. The van der Waals surface area contributed by atoms with Crippen LogP contribution in [0.5, 0.6) is 0 Å². The summed E-state index contributed by atoms with van der Waals surface area (Å²) in [5.41, 5.74) is 0. The summed E-state index contributed by atoms with van der Waals surface area (Å²) in [6.45, 7) is 3.26. The fourth-order valence-electron chi connectivity index (χ4n) is 1.51. The van der Waals surface area contributed by atoms with Gasteiger partial charge in [-0.1, -0.05) is 6.92 Å². The molecule has 0 amide bonds. The van der Waals surface area contributed by atoms with Gasteiger partial charge in [0.25, 0.3) is 0 Å². The number of rotatable bonds is 6. The van der Waals surface area contributed by atoms with E-state index in [-0.39, 0.29) is 0 Å². The van der Waals surface area contributed by atoms with E-state index in [0.717, 1.165) is 18.8 Å². The number of nitrogens with zero attached hydrogens (tertiary/aromatic N) is 3. The van der Waals surface area contributed by atoms with E-state index in [1.165, 1.54) is 0 Å². The van der Waals surface area contributed by atoms with Crippen LogP contribution in [-0.4, -0.2) is 33.8 Å². The van der Waals surface area contributed by atoms with Crippen LogP contribution in [0.4, 0.5) is 0 Å². The van der Waals surface area contributed by atoms with Gasteiger partial charge < -0.3 is 4.57 Å².